The molecule has 1 aromatic heterocycles. The Balaban J connectivity index is 1.23. The molecule has 0 spiro atoms. The Morgan fingerprint density at radius 2 is 0.981 bits per heavy atom. The minimum atomic E-state index is 0.671. The van der Waals surface area contributed by atoms with Crippen molar-refractivity contribution >= 4 is 54.1 Å². The van der Waals surface area contributed by atoms with Crippen LogP contribution in [0.25, 0.3) is 110 Å². The fourth-order valence-electron chi connectivity index (χ4n) is 8.45. The Hall–Kier alpha value is -7.15. The first-order chi connectivity index (χ1) is 25.7. The van der Waals surface area contributed by atoms with Crippen LogP contribution in [0.3, 0.4) is 0 Å². The molecule has 1 aliphatic carbocycles. The maximum Gasteiger partial charge on any atom is 0.0991 e. The van der Waals surface area contributed by atoms with Crippen molar-refractivity contribution in [1.29, 1.82) is 5.26 Å². The average Bonchev–Trinajstić information content (AvgIpc) is 3.52. The third-order valence-corrected chi connectivity index (χ3v) is 10.8. The molecule has 0 fully saturated rings. The van der Waals surface area contributed by atoms with Crippen LogP contribution >= 0.6 is 0 Å². The van der Waals surface area contributed by atoms with E-state index in [1.807, 2.05) is 42.5 Å². The molecule has 0 aliphatic heterocycles. The van der Waals surface area contributed by atoms with Crippen LogP contribution in [0.15, 0.2) is 164 Å². The SMILES string of the molecule is N#Cc1ccc2cc(-c3ccc4c(-c5ccccc5)c5ccccc5c(-c5ccc6c7c(cccc57)-c5nc7ccccc7nc5-6)c4c3)ccc2c1. The Kier molecular flexibility index (Phi) is 6.02. The zero-order valence-electron chi connectivity index (χ0n) is 27.9. The number of hydrogen-bond acceptors (Lipinski definition) is 3. The Morgan fingerprint density at radius 1 is 0.385 bits per heavy atom. The van der Waals surface area contributed by atoms with Crippen LogP contribution in [0.5, 0.6) is 0 Å². The van der Waals surface area contributed by atoms with Crippen LogP contribution < -0.4 is 0 Å². The van der Waals surface area contributed by atoms with Gasteiger partial charge in [-0.3, -0.25) is 0 Å². The molecule has 9 aromatic carbocycles. The van der Waals surface area contributed by atoms with Crippen molar-refractivity contribution in [2.75, 3.05) is 0 Å². The standard InChI is InChI=1S/C49H27N3/c50-28-29-17-18-32-26-33(20-19-31(32)25-29)34-21-22-39-42(27-34)46(36-12-5-4-11-35(36)45(39)30-9-2-1-3-10-30)38-23-24-41-47-37(38)13-8-14-40(47)48-49(41)52-44-16-7-6-15-43(44)51-48/h1-27H. The predicted molar refractivity (Wildman–Crippen MR) is 215 cm³/mol. The first-order valence-electron chi connectivity index (χ1n) is 17.6. The number of para-hydroxylation sites is 2. The number of nitriles is 1. The lowest BCUT2D eigenvalue weighted by molar-refractivity contribution is 1.32. The van der Waals surface area contributed by atoms with Gasteiger partial charge in [-0.25, -0.2) is 9.97 Å². The molecule has 0 unspecified atom stereocenters. The normalized spacial score (nSPS) is 11.8. The van der Waals surface area contributed by atoms with E-state index in [-0.39, 0.29) is 0 Å². The largest absolute Gasteiger partial charge is 0.244 e. The fourth-order valence-corrected chi connectivity index (χ4v) is 8.45. The topological polar surface area (TPSA) is 49.6 Å². The van der Waals surface area contributed by atoms with Crippen LogP contribution in [0, 0.1) is 11.3 Å². The molecule has 52 heavy (non-hydrogen) atoms. The van der Waals surface area contributed by atoms with E-state index in [0.717, 1.165) is 55.4 Å². The lowest BCUT2D eigenvalue weighted by atomic mass is 9.83. The van der Waals surface area contributed by atoms with E-state index < -0.39 is 0 Å². The van der Waals surface area contributed by atoms with E-state index in [1.54, 1.807) is 0 Å². The van der Waals surface area contributed by atoms with E-state index in [0.29, 0.717) is 5.56 Å². The summed E-state index contributed by atoms with van der Waals surface area (Å²) in [5.74, 6) is 0. The lowest BCUT2D eigenvalue weighted by Gasteiger charge is -2.20. The van der Waals surface area contributed by atoms with Crippen molar-refractivity contribution in [2.45, 2.75) is 0 Å². The van der Waals surface area contributed by atoms with Crippen molar-refractivity contribution in [3.8, 4) is 62.0 Å². The molecule has 1 aliphatic rings. The van der Waals surface area contributed by atoms with E-state index in [1.165, 1.54) is 54.6 Å². The molecule has 11 rings (SSSR count). The van der Waals surface area contributed by atoms with Gasteiger partial charge in [0.1, 0.15) is 0 Å². The first kappa shape index (κ1) is 28.7. The van der Waals surface area contributed by atoms with Crippen LogP contribution in [0.4, 0.5) is 0 Å². The molecular weight excluding hydrogens is 631 g/mol. The fraction of sp³-hybridized carbons (Fsp3) is 0. The quantitative estimate of drug-likeness (QED) is 0.178. The molecule has 0 N–H and O–H groups in total. The number of hydrogen-bond donors (Lipinski definition) is 0. The van der Waals surface area contributed by atoms with E-state index in [4.69, 9.17) is 9.97 Å². The summed E-state index contributed by atoms with van der Waals surface area (Å²) in [5, 5.41) is 18.9. The highest BCUT2D eigenvalue weighted by molar-refractivity contribution is 6.26. The van der Waals surface area contributed by atoms with Gasteiger partial charge in [-0.05, 0) is 107 Å². The van der Waals surface area contributed by atoms with Crippen molar-refractivity contribution in [3.63, 3.8) is 0 Å². The summed E-state index contributed by atoms with van der Waals surface area (Å²) in [6.07, 6.45) is 0. The van der Waals surface area contributed by atoms with Crippen molar-refractivity contribution in [1.82, 2.24) is 9.97 Å². The second kappa shape index (κ2) is 10.9. The first-order valence-corrected chi connectivity index (χ1v) is 17.6. The Labute approximate surface area is 299 Å². The lowest BCUT2D eigenvalue weighted by Crippen LogP contribution is -1.93. The summed E-state index contributed by atoms with van der Waals surface area (Å²) >= 11 is 0. The van der Waals surface area contributed by atoms with Gasteiger partial charge in [0.25, 0.3) is 0 Å². The molecule has 0 atom stereocenters. The minimum Gasteiger partial charge on any atom is -0.244 e. The third-order valence-electron chi connectivity index (χ3n) is 10.8. The minimum absolute atomic E-state index is 0.671. The van der Waals surface area contributed by atoms with Gasteiger partial charge in [-0.2, -0.15) is 5.26 Å². The Bertz CT molecular complexity index is 3140. The maximum absolute atomic E-state index is 9.46. The van der Waals surface area contributed by atoms with E-state index in [2.05, 4.69) is 127 Å². The highest BCUT2D eigenvalue weighted by atomic mass is 14.8. The van der Waals surface area contributed by atoms with Crippen LogP contribution in [0.2, 0.25) is 0 Å². The summed E-state index contributed by atoms with van der Waals surface area (Å²) in [6, 6.07) is 60.5. The molecule has 0 saturated heterocycles. The maximum atomic E-state index is 9.46. The number of benzene rings is 9. The third kappa shape index (κ3) is 4.13. The summed E-state index contributed by atoms with van der Waals surface area (Å²) in [6.45, 7) is 0. The molecule has 0 radical (unpaired) electrons. The van der Waals surface area contributed by atoms with Gasteiger partial charge in [-0.1, -0.05) is 127 Å². The number of nitrogens with zero attached hydrogens (tertiary/aromatic N) is 3. The van der Waals surface area contributed by atoms with Crippen molar-refractivity contribution in [2.24, 2.45) is 0 Å². The average molecular weight is 658 g/mol. The molecule has 238 valence electrons. The molecular formula is C49H27N3. The monoisotopic (exact) mass is 657 g/mol. The Morgan fingerprint density at radius 3 is 1.77 bits per heavy atom. The van der Waals surface area contributed by atoms with Gasteiger partial charge in [0, 0.05) is 16.5 Å². The molecule has 1 heterocycles. The molecule has 10 aromatic rings. The summed E-state index contributed by atoms with van der Waals surface area (Å²) in [4.78, 5) is 10.3. The number of aromatic nitrogens is 2. The predicted octanol–water partition coefficient (Wildman–Crippen LogP) is 12.8. The number of rotatable bonds is 3. The smallest absolute Gasteiger partial charge is 0.0991 e. The highest BCUT2D eigenvalue weighted by Gasteiger charge is 2.27. The van der Waals surface area contributed by atoms with Crippen molar-refractivity contribution in [3.05, 3.63) is 169 Å². The summed E-state index contributed by atoms with van der Waals surface area (Å²) < 4.78 is 0. The van der Waals surface area contributed by atoms with Gasteiger partial charge in [0.2, 0.25) is 0 Å². The van der Waals surface area contributed by atoms with E-state index in [9.17, 15) is 5.26 Å². The van der Waals surface area contributed by atoms with Crippen LogP contribution in [-0.2, 0) is 0 Å². The van der Waals surface area contributed by atoms with Gasteiger partial charge in [0.05, 0.1) is 34.1 Å². The molecule has 3 heteroatoms. The zero-order valence-corrected chi connectivity index (χ0v) is 27.9. The summed E-state index contributed by atoms with van der Waals surface area (Å²) in [5.41, 5.74) is 13.8. The molecule has 0 saturated carbocycles. The van der Waals surface area contributed by atoms with Crippen LogP contribution in [0.1, 0.15) is 5.56 Å². The molecule has 3 nitrogen and oxygen atoms in total. The van der Waals surface area contributed by atoms with Crippen molar-refractivity contribution < 1.29 is 0 Å². The van der Waals surface area contributed by atoms with Gasteiger partial charge in [-0.15, -0.1) is 0 Å². The zero-order chi connectivity index (χ0) is 34.3. The van der Waals surface area contributed by atoms with Gasteiger partial charge >= 0.3 is 0 Å². The van der Waals surface area contributed by atoms with E-state index >= 15 is 0 Å². The number of fused-ring (bicyclic) bond motifs is 7. The highest BCUT2D eigenvalue weighted by Crippen LogP contribution is 2.51. The van der Waals surface area contributed by atoms with Gasteiger partial charge in [0.15, 0.2) is 0 Å². The second-order valence-electron chi connectivity index (χ2n) is 13.6. The molecule has 0 bridgehead atoms. The van der Waals surface area contributed by atoms with Gasteiger partial charge < -0.3 is 0 Å². The second-order valence-corrected chi connectivity index (χ2v) is 13.6. The molecule has 0 amide bonds. The van der Waals surface area contributed by atoms with Crippen LogP contribution in [-0.4, -0.2) is 9.97 Å². The summed E-state index contributed by atoms with van der Waals surface area (Å²) in [7, 11) is 0.